The van der Waals surface area contributed by atoms with E-state index < -0.39 is 12.4 Å². The number of anilines is 1. The van der Waals surface area contributed by atoms with Crippen molar-refractivity contribution in [1.82, 2.24) is 45.3 Å². The number of hydrogen-bond acceptors (Lipinski definition) is 10. The number of piperidine rings is 1. The van der Waals surface area contributed by atoms with Crippen LogP contribution in [0.1, 0.15) is 42.0 Å². The minimum Gasteiger partial charge on any atom is -0.450 e. The number of amides is 1. The van der Waals surface area contributed by atoms with Gasteiger partial charge in [0.2, 0.25) is 5.82 Å². The van der Waals surface area contributed by atoms with Gasteiger partial charge in [-0.1, -0.05) is 12.1 Å². The summed E-state index contributed by atoms with van der Waals surface area (Å²) in [5.41, 5.74) is 3.05. The molecule has 5 rings (SSSR count). The molecule has 202 valence electrons. The molecule has 2 N–H and O–H groups in total. The van der Waals surface area contributed by atoms with Gasteiger partial charge in [-0.15, -0.1) is 5.10 Å². The molecule has 1 aliphatic heterocycles. The number of nitrogens with one attached hydrogen (secondary N) is 1. The van der Waals surface area contributed by atoms with Crippen molar-refractivity contribution in [2.75, 3.05) is 18.0 Å². The molecule has 4 aromatic rings. The van der Waals surface area contributed by atoms with Crippen molar-refractivity contribution in [3.8, 4) is 22.6 Å². The molecule has 39 heavy (non-hydrogen) atoms. The van der Waals surface area contributed by atoms with Crippen LogP contribution < -0.4 is 10.2 Å². The standard InChI is InChI=1S/C25H28N10O4/c1-15-6-4-11-27-22(15)34(18-7-5-10-26-13-18)24(36)20-9-8-17(12-28-20)19-14-29-33(3)21(19)23-30-31-32-35(23)16(2)39-25(37)38/h4,6,8-9,11-12,14,16,18,26H,5,7,10,13H2,1-3H3,(H,37,38)/t16?,18-/m1/s1. The first-order chi connectivity index (χ1) is 18.8. The van der Waals surface area contributed by atoms with Crippen molar-refractivity contribution < 1.29 is 19.4 Å². The third kappa shape index (κ3) is 5.18. The highest BCUT2D eigenvalue weighted by Gasteiger charge is 2.31. The van der Waals surface area contributed by atoms with Crippen molar-refractivity contribution in [3.05, 3.63) is 54.1 Å². The molecule has 14 nitrogen and oxygen atoms in total. The van der Waals surface area contributed by atoms with Gasteiger partial charge in [0, 0.05) is 37.1 Å². The largest absolute Gasteiger partial charge is 0.507 e. The zero-order valence-electron chi connectivity index (χ0n) is 21.7. The number of rotatable bonds is 7. The van der Waals surface area contributed by atoms with Crippen molar-refractivity contribution in [2.24, 2.45) is 7.05 Å². The van der Waals surface area contributed by atoms with Gasteiger partial charge in [0.25, 0.3) is 5.91 Å². The lowest BCUT2D eigenvalue weighted by molar-refractivity contribution is 0.0219. The Balaban J connectivity index is 1.47. The van der Waals surface area contributed by atoms with Crippen molar-refractivity contribution >= 4 is 17.9 Å². The number of aryl methyl sites for hydroxylation is 2. The normalized spacial score (nSPS) is 16.0. The topological polar surface area (TPSA) is 166 Å². The first-order valence-electron chi connectivity index (χ1n) is 12.5. The Kier molecular flexibility index (Phi) is 7.27. The minimum absolute atomic E-state index is 0.0416. The van der Waals surface area contributed by atoms with Crippen molar-refractivity contribution in [3.63, 3.8) is 0 Å². The summed E-state index contributed by atoms with van der Waals surface area (Å²) in [4.78, 5) is 35.6. The Morgan fingerprint density at radius 3 is 2.77 bits per heavy atom. The molecule has 1 saturated heterocycles. The SMILES string of the molecule is Cc1cccnc1N(C(=O)c1ccc(-c2cnn(C)c2-c2nnnn2C(C)OC(=O)O)cn1)[C@@H]1CCCNC1. The van der Waals surface area contributed by atoms with Crippen LogP contribution in [-0.2, 0) is 11.8 Å². The van der Waals surface area contributed by atoms with Crippen LogP contribution in [0.15, 0.2) is 42.9 Å². The van der Waals surface area contributed by atoms with Crippen LogP contribution in [0.3, 0.4) is 0 Å². The number of tetrazole rings is 1. The third-order valence-corrected chi connectivity index (χ3v) is 6.62. The van der Waals surface area contributed by atoms with Crippen LogP contribution >= 0.6 is 0 Å². The molecule has 1 fully saturated rings. The maximum atomic E-state index is 13.8. The second kappa shape index (κ2) is 10.9. The van der Waals surface area contributed by atoms with E-state index in [-0.39, 0.29) is 23.5 Å². The molecule has 0 aliphatic carbocycles. The van der Waals surface area contributed by atoms with Crippen LogP contribution in [0.25, 0.3) is 22.6 Å². The molecule has 0 radical (unpaired) electrons. The molecule has 0 spiro atoms. The highest BCUT2D eigenvalue weighted by Crippen LogP contribution is 2.31. The Morgan fingerprint density at radius 1 is 1.23 bits per heavy atom. The average molecular weight is 533 g/mol. The van der Waals surface area contributed by atoms with Crippen LogP contribution in [0.2, 0.25) is 0 Å². The summed E-state index contributed by atoms with van der Waals surface area (Å²) in [7, 11) is 1.72. The number of pyridine rings is 2. The van der Waals surface area contributed by atoms with E-state index >= 15 is 0 Å². The number of nitrogens with zero attached hydrogens (tertiary/aromatic N) is 9. The molecule has 2 atom stereocenters. The van der Waals surface area contributed by atoms with E-state index in [4.69, 9.17) is 9.84 Å². The molecule has 4 aromatic heterocycles. The Morgan fingerprint density at radius 2 is 2.08 bits per heavy atom. The zero-order valence-corrected chi connectivity index (χ0v) is 21.7. The van der Waals surface area contributed by atoms with Gasteiger partial charge in [-0.2, -0.15) is 9.78 Å². The average Bonchev–Trinajstić information content (AvgIpc) is 3.56. The smallest absolute Gasteiger partial charge is 0.450 e. The maximum Gasteiger partial charge on any atom is 0.507 e. The third-order valence-electron chi connectivity index (χ3n) is 6.62. The fourth-order valence-corrected chi connectivity index (χ4v) is 4.73. The highest BCUT2D eigenvalue weighted by atomic mass is 16.7. The van der Waals surface area contributed by atoms with Crippen LogP contribution in [-0.4, -0.2) is 76.3 Å². The maximum absolute atomic E-state index is 13.8. The number of carbonyl (C=O) groups excluding carboxylic acids is 1. The second-order valence-electron chi connectivity index (χ2n) is 9.21. The lowest BCUT2D eigenvalue weighted by Crippen LogP contribution is -2.49. The van der Waals surface area contributed by atoms with Crippen LogP contribution in [0.4, 0.5) is 10.6 Å². The summed E-state index contributed by atoms with van der Waals surface area (Å²) in [5, 5.41) is 28.4. The summed E-state index contributed by atoms with van der Waals surface area (Å²) in [6.07, 6.45) is 4.33. The Hall–Kier alpha value is -4.72. The zero-order chi connectivity index (χ0) is 27.5. The molecule has 1 amide bonds. The number of hydrogen-bond donors (Lipinski definition) is 2. The molecule has 14 heteroatoms. The summed E-state index contributed by atoms with van der Waals surface area (Å²) in [6.45, 7) is 5.06. The molecule has 1 aliphatic rings. The fourth-order valence-electron chi connectivity index (χ4n) is 4.73. The van der Waals surface area contributed by atoms with Gasteiger partial charge in [-0.25, -0.2) is 9.78 Å². The molecular formula is C25H28N10O4. The van der Waals surface area contributed by atoms with Gasteiger partial charge in [-0.05, 0) is 61.4 Å². The molecule has 1 unspecified atom stereocenters. The summed E-state index contributed by atoms with van der Waals surface area (Å²) in [5.74, 6) is 0.661. The number of carboxylic acid groups (broad SMARTS) is 1. The summed E-state index contributed by atoms with van der Waals surface area (Å²) < 4.78 is 7.65. The molecule has 0 saturated carbocycles. The van der Waals surface area contributed by atoms with E-state index in [1.807, 2.05) is 19.1 Å². The van der Waals surface area contributed by atoms with Crippen molar-refractivity contribution in [1.29, 1.82) is 0 Å². The van der Waals surface area contributed by atoms with Gasteiger partial charge < -0.3 is 15.2 Å². The molecular weight excluding hydrogens is 504 g/mol. The first kappa shape index (κ1) is 25.9. The summed E-state index contributed by atoms with van der Waals surface area (Å²) in [6, 6.07) is 7.21. The van der Waals surface area contributed by atoms with Gasteiger partial charge in [-0.3, -0.25) is 19.4 Å². The highest BCUT2D eigenvalue weighted by molar-refractivity contribution is 6.05. The monoisotopic (exact) mass is 532 g/mol. The summed E-state index contributed by atoms with van der Waals surface area (Å²) >= 11 is 0. The van der Waals surface area contributed by atoms with Crippen LogP contribution in [0, 0.1) is 6.92 Å². The molecule has 0 bridgehead atoms. The van der Waals surface area contributed by atoms with E-state index in [2.05, 4.69) is 35.9 Å². The predicted octanol–water partition coefficient (Wildman–Crippen LogP) is 2.45. The first-order valence-corrected chi connectivity index (χ1v) is 12.5. The van der Waals surface area contributed by atoms with Crippen molar-refractivity contribution in [2.45, 2.75) is 39.0 Å². The van der Waals surface area contributed by atoms with Gasteiger partial charge in [0.1, 0.15) is 17.2 Å². The van der Waals surface area contributed by atoms with Crippen LogP contribution in [0.5, 0.6) is 0 Å². The fraction of sp³-hybridized carbons (Fsp3) is 0.360. The van der Waals surface area contributed by atoms with Gasteiger partial charge in [0.15, 0.2) is 6.23 Å². The predicted molar refractivity (Wildman–Crippen MR) is 139 cm³/mol. The molecule has 5 heterocycles. The Labute approximate surface area is 223 Å². The van der Waals surface area contributed by atoms with E-state index in [1.165, 1.54) is 11.6 Å². The lowest BCUT2D eigenvalue weighted by atomic mass is 10.0. The van der Waals surface area contributed by atoms with E-state index in [0.29, 0.717) is 29.2 Å². The quantitative estimate of drug-likeness (QED) is 0.336. The van der Waals surface area contributed by atoms with Gasteiger partial charge in [0.05, 0.1) is 12.2 Å². The van der Waals surface area contributed by atoms with E-state index in [9.17, 15) is 9.59 Å². The van der Waals surface area contributed by atoms with E-state index in [0.717, 1.165) is 24.9 Å². The lowest BCUT2D eigenvalue weighted by Gasteiger charge is -2.34. The second-order valence-corrected chi connectivity index (χ2v) is 9.21. The Bertz CT molecular complexity index is 1480. The number of ether oxygens (including phenoxy) is 1. The number of aromatic nitrogens is 8. The minimum atomic E-state index is -1.45. The molecule has 0 aromatic carbocycles. The van der Waals surface area contributed by atoms with E-state index in [1.54, 1.807) is 47.4 Å². The number of carbonyl (C=O) groups is 2. The van der Waals surface area contributed by atoms with Gasteiger partial charge >= 0.3 is 6.16 Å².